The highest BCUT2D eigenvalue weighted by Crippen LogP contribution is 2.73. The average Bonchev–Trinajstić information content (AvgIpc) is 3.22. The number of rotatable bonds is 3. The molecule has 0 saturated heterocycles. The van der Waals surface area contributed by atoms with Crippen LogP contribution in [0.5, 0.6) is 0 Å². The lowest BCUT2D eigenvalue weighted by molar-refractivity contribution is -0.128. The number of benzene rings is 2. The van der Waals surface area contributed by atoms with Crippen LogP contribution < -0.4 is 0 Å². The molecule has 2 aromatic carbocycles. The quantitative estimate of drug-likeness (QED) is 0.469. The molecule has 5 aliphatic carbocycles. The van der Waals surface area contributed by atoms with Crippen LogP contribution in [0.25, 0.3) is 11.1 Å². The Hall–Kier alpha value is -3.00. The molecule has 0 aromatic heterocycles. The van der Waals surface area contributed by atoms with Crippen molar-refractivity contribution in [2.24, 2.45) is 28.6 Å². The second kappa shape index (κ2) is 8.75. The predicted octanol–water partition coefficient (Wildman–Crippen LogP) is 6.27. The topological polar surface area (TPSA) is 81.3 Å². The molecule has 7 atom stereocenters. The van der Waals surface area contributed by atoms with Gasteiger partial charge >= 0.3 is 0 Å². The Balaban J connectivity index is 1.38. The summed E-state index contributed by atoms with van der Waals surface area (Å²) in [6.07, 6.45) is 13.0. The molecule has 39 heavy (non-hydrogen) atoms. The van der Waals surface area contributed by atoms with Gasteiger partial charge in [0, 0.05) is 11.8 Å². The Bertz CT molecular complexity index is 1450. The van der Waals surface area contributed by atoms with Crippen molar-refractivity contribution in [1.82, 2.24) is 0 Å². The molecule has 0 aliphatic heterocycles. The summed E-state index contributed by atoms with van der Waals surface area (Å²) in [5.74, 6) is 2.09. The molecule has 3 fully saturated rings. The molecule has 1 spiro atoms. The maximum Gasteiger partial charge on any atom is 0.155 e. The summed E-state index contributed by atoms with van der Waals surface area (Å²) < 4.78 is 0. The van der Waals surface area contributed by atoms with Crippen molar-refractivity contribution < 1.29 is 15.0 Å². The van der Waals surface area contributed by atoms with E-state index >= 15 is 0 Å². The van der Waals surface area contributed by atoms with Crippen LogP contribution in [-0.4, -0.2) is 28.2 Å². The molecule has 7 rings (SSSR count). The van der Waals surface area contributed by atoms with E-state index in [1.165, 1.54) is 22.3 Å². The third-order valence-electron chi connectivity index (χ3n) is 11.8. The monoisotopic (exact) mass is 519 g/mol. The molecule has 4 nitrogen and oxygen atoms in total. The number of ketones is 1. The fourth-order valence-corrected chi connectivity index (χ4v) is 10.1. The lowest BCUT2D eigenvalue weighted by atomic mass is 9.39. The number of hydrogen-bond donors (Lipinski definition) is 2. The maximum atomic E-state index is 12.6. The lowest BCUT2D eigenvalue weighted by Gasteiger charge is -2.65. The fourth-order valence-electron chi connectivity index (χ4n) is 10.1. The Labute approximate surface area is 231 Å². The highest BCUT2D eigenvalue weighted by molar-refractivity contribution is 5.91. The first-order valence-electron chi connectivity index (χ1n) is 14.7. The summed E-state index contributed by atoms with van der Waals surface area (Å²) >= 11 is 0. The number of allylic oxidation sites excluding steroid dienone is 1. The Morgan fingerprint density at radius 3 is 2.64 bits per heavy atom. The van der Waals surface area contributed by atoms with Gasteiger partial charge in [-0.2, -0.15) is 5.26 Å². The second-order valence-electron chi connectivity index (χ2n) is 13.2. The molecule has 0 amide bonds. The van der Waals surface area contributed by atoms with E-state index in [1.54, 1.807) is 6.08 Å². The van der Waals surface area contributed by atoms with Crippen molar-refractivity contribution in [1.29, 1.82) is 5.26 Å². The number of aliphatic hydroxyl groups is 2. The molecule has 4 heteroatoms. The van der Waals surface area contributed by atoms with Crippen molar-refractivity contribution in [3.8, 4) is 17.2 Å². The highest BCUT2D eigenvalue weighted by atomic mass is 16.3. The van der Waals surface area contributed by atoms with E-state index in [4.69, 9.17) is 0 Å². The van der Waals surface area contributed by atoms with Crippen molar-refractivity contribution in [3.63, 3.8) is 0 Å². The number of nitrogens with zero attached hydrogens (tertiary/aromatic N) is 1. The van der Waals surface area contributed by atoms with E-state index in [2.05, 4.69) is 31.2 Å². The summed E-state index contributed by atoms with van der Waals surface area (Å²) in [6, 6.07) is 17.0. The molecule has 2 N–H and O–H groups in total. The minimum Gasteiger partial charge on any atom is -0.392 e. The number of aliphatic hydroxyl groups excluding tert-OH is 1. The van der Waals surface area contributed by atoms with Crippen LogP contribution in [0.1, 0.15) is 74.5 Å². The summed E-state index contributed by atoms with van der Waals surface area (Å²) in [6.45, 7) is 2.26. The molecule has 0 bridgehead atoms. The van der Waals surface area contributed by atoms with Gasteiger partial charge in [-0.1, -0.05) is 55.0 Å². The first kappa shape index (κ1) is 25.0. The minimum atomic E-state index is -0.906. The summed E-state index contributed by atoms with van der Waals surface area (Å²) in [5, 5.41) is 30.8. The Morgan fingerprint density at radius 1 is 1.08 bits per heavy atom. The third-order valence-corrected chi connectivity index (χ3v) is 11.8. The van der Waals surface area contributed by atoms with Gasteiger partial charge in [0.25, 0.3) is 0 Å². The standard InChI is InChI=1S/C35H37NO3/c1-33-20-30-28-9-7-24(23-5-3-22(21-36)4-6-23)17-25(28)19-34-14-11-27(38)18-26(34)8-10-29(32(30)34)31(33)12-15-35(33,39)13-2-16-37/h2-7,9,13,17-18,29-32,37,39H,8,10-12,14-16,19-20H2,1H3/t29-,30?,31-,32?,33-,34+,35?/m0/s1. The normalized spacial score (nSPS) is 38.3. The van der Waals surface area contributed by atoms with Gasteiger partial charge in [-0.3, -0.25) is 4.79 Å². The third kappa shape index (κ3) is 3.46. The van der Waals surface area contributed by atoms with Gasteiger partial charge in [-0.05, 0) is 114 Å². The molecule has 3 saturated carbocycles. The summed E-state index contributed by atoms with van der Waals surface area (Å²) in [7, 11) is 0. The molecule has 2 aromatic rings. The Morgan fingerprint density at radius 2 is 1.87 bits per heavy atom. The number of nitriles is 1. The maximum absolute atomic E-state index is 12.6. The predicted molar refractivity (Wildman–Crippen MR) is 151 cm³/mol. The molecular formula is C35H37NO3. The van der Waals surface area contributed by atoms with Crippen LogP contribution in [0, 0.1) is 39.9 Å². The van der Waals surface area contributed by atoms with Crippen LogP contribution in [0.3, 0.4) is 0 Å². The number of hydrogen-bond acceptors (Lipinski definition) is 4. The van der Waals surface area contributed by atoms with Crippen LogP contribution in [-0.2, 0) is 11.2 Å². The average molecular weight is 520 g/mol. The number of fused-ring (bicyclic) bond motifs is 4. The van der Waals surface area contributed by atoms with Crippen LogP contribution in [0.4, 0.5) is 0 Å². The van der Waals surface area contributed by atoms with E-state index < -0.39 is 5.60 Å². The van der Waals surface area contributed by atoms with E-state index in [0.29, 0.717) is 35.7 Å². The molecular weight excluding hydrogens is 482 g/mol. The van der Waals surface area contributed by atoms with E-state index in [0.717, 1.165) is 50.5 Å². The van der Waals surface area contributed by atoms with Crippen molar-refractivity contribution in [2.45, 2.75) is 69.8 Å². The zero-order valence-electron chi connectivity index (χ0n) is 22.7. The number of carbonyl (C=O) groups excluding carboxylic acids is 1. The molecule has 0 heterocycles. The van der Waals surface area contributed by atoms with Gasteiger partial charge in [0.05, 0.1) is 23.8 Å². The van der Waals surface area contributed by atoms with Crippen molar-refractivity contribution in [2.75, 3.05) is 6.61 Å². The fraction of sp³-hybridized carbons (Fsp3) is 0.486. The van der Waals surface area contributed by atoms with Crippen molar-refractivity contribution in [3.05, 3.63) is 83.0 Å². The molecule has 3 unspecified atom stereocenters. The minimum absolute atomic E-state index is 0.0285. The first-order valence-corrected chi connectivity index (χ1v) is 14.7. The van der Waals surface area contributed by atoms with Gasteiger partial charge < -0.3 is 10.2 Å². The van der Waals surface area contributed by atoms with Gasteiger partial charge in [-0.25, -0.2) is 0 Å². The van der Waals surface area contributed by atoms with Gasteiger partial charge in [-0.15, -0.1) is 0 Å². The zero-order valence-corrected chi connectivity index (χ0v) is 22.7. The smallest absolute Gasteiger partial charge is 0.155 e. The van der Waals surface area contributed by atoms with E-state index in [9.17, 15) is 20.3 Å². The van der Waals surface area contributed by atoms with Gasteiger partial charge in [0.1, 0.15) is 0 Å². The Kier molecular flexibility index (Phi) is 5.61. The van der Waals surface area contributed by atoms with Crippen LogP contribution >= 0.6 is 0 Å². The zero-order chi connectivity index (χ0) is 27.0. The number of carbonyl (C=O) groups is 1. The summed E-state index contributed by atoms with van der Waals surface area (Å²) in [4.78, 5) is 12.6. The largest absolute Gasteiger partial charge is 0.392 e. The molecule has 0 radical (unpaired) electrons. The van der Waals surface area contributed by atoms with Crippen molar-refractivity contribution >= 4 is 5.78 Å². The van der Waals surface area contributed by atoms with Crippen LogP contribution in [0.15, 0.2) is 66.3 Å². The summed E-state index contributed by atoms with van der Waals surface area (Å²) in [5.41, 5.74) is 6.01. The lowest BCUT2D eigenvalue weighted by Crippen LogP contribution is -2.59. The second-order valence-corrected chi connectivity index (χ2v) is 13.2. The van der Waals surface area contributed by atoms with Gasteiger partial charge in [0.15, 0.2) is 5.78 Å². The highest BCUT2D eigenvalue weighted by Gasteiger charge is 2.67. The first-order chi connectivity index (χ1) is 18.8. The SMILES string of the molecule is C[C@]12CC3c4ccc(-c5ccc(C#N)cc5)cc4C[C@]45CCC(=O)C=C4CC[C@H](C35)[C@@H]1CCC2(O)C=CCO. The van der Waals surface area contributed by atoms with Crippen LogP contribution in [0.2, 0.25) is 0 Å². The van der Waals surface area contributed by atoms with E-state index in [-0.39, 0.29) is 23.2 Å². The van der Waals surface area contributed by atoms with Gasteiger partial charge in [0.2, 0.25) is 0 Å². The molecule has 200 valence electrons. The van der Waals surface area contributed by atoms with E-state index in [1.807, 2.05) is 36.4 Å². The molecule has 5 aliphatic rings.